The molecule has 2 heterocycles. The lowest BCUT2D eigenvalue weighted by molar-refractivity contribution is 0.634. The molecule has 0 radical (unpaired) electrons. The normalized spacial score (nSPS) is 16.8. The van der Waals surface area contributed by atoms with Crippen molar-refractivity contribution >= 4 is 16.5 Å². The topological polar surface area (TPSA) is 28.2 Å². The Morgan fingerprint density at radius 2 is 2.06 bits per heavy atom. The van der Waals surface area contributed by atoms with Crippen LogP contribution >= 0.6 is 11.3 Å². The van der Waals surface area contributed by atoms with Crippen molar-refractivity contribution in [2.24, 2.45) is 0 Å². The van der Waals surface area contributed by atoms with Gasteiger partial charge in [0.05, 0.1) is 5.69 Å². The third-order valence-corrected chi connectivity index (χ3v) is 4.38. The predicted octanol–water partition coefficient (Wildman–Crippen LogP) is 3.41. The molecule has 3 nitrogen and oxygen atoms in total. The number of unbranched alkanes of at least 4 members (excludes halogenated alkanes) is 1. The Labute approximate surface area is 115 Å². The Kier molecular flexibility index (Phi) is 5.94. The van der Waals surface area contributed by atoms with E-state index in [0.717, 1.165) is 13.1 Å². The summed E-state index contributed by atoms with van der Waals surface area (Å²) in [5, 5.41) is 6.89. The predicted molar refractivity (Wildman–Crippen MR) is 79.4 cm³/mol. The molecule has 0 amide bonds. The van der Waals surface area contributed by atoms with Crippen molar-refractivity contribution in [2.75, 3.05) is 24.5 Å². The molecule has 2 rings (SSSR count). The van der Waals surface area contributed by atoms with Crippen molar-refractivity contribution in [3.05, 3.63) is 11.1 Å². The van der Waals surface area contributed by atoms with Crippen molar-refractivity contribution in [1.29, 1.82) is 0 Å². The van der Waals surface area contributed by atoms with Crippen LogP contribution in [0.5, 0.6) is 0 Å². The highest BCUT2D eigenvalue weighted by molar-refractivity contribution is 7.13. The first-order chi connectivity index (χ1) is 8.90. The number of hydrogen-bond donors (Lipinski definition) is 1. The van der Waals surface area contributed by atoms with Gasteiger partial charge in [0.25, 0.3) is 0 Å². The molecule has 4 heteroatoms. The zero-order valence-corrected chi connectivity index (χ0v) is 12.3. The van der Waals surface area contributed by atoms with E-state index in [9.17, 15) is 0 Å². The van der Waals surface area contributed by atoms with Gasteiger partial charge < -0.3 is 10.2 Å². The molecule has 1 aliphatic heterocycles. The third-order valence-electron chi connectivity index (χ3n) is 3.43. The van der Waals surface area contributed by atoms with E-state index < -0.39 is 0 Å². The van der Waals surface area contributed by atoms with Crippen LogP contribution in [0.3, 0.4) is 0 Å². The highest BCUT2D eigenvalue weighted by atomic mass is 32.1. The lowest BCUT2D eigenvalue weighted by atomic mass is 10.2. The Bertz CT molecular complexity index is 330. The molecule has 1 aromatic rings. The van der Waals surface area contributed by atoms with Gasteiger partial charge in [0.2, 0.25) is 0 Å². The van der Waals surface area contributed by atoms with E-state index in [1.807, 2.05) is 0 Å². The molecule has 18 heavy (non-hydrogen) atoms. The van der Waals surface area contributed by atoms with Crippen molar-refractivity contribution in [1.82, 2.24) is 10.3 Å². The summed E-state index contributed by atoms with van der Waals surface area (Å²) >= 11 is 1.80. The molecule has 0 aliphatic carbocycles. The minimum atomic E-state index is 0.921. The first kappa shape index (κ1) is 13.8. The Hall–Kier alpha value is -0.610. The van der Waals surface area contributed by atoms with E-state index in [2.05, 4.69) is 22.5 Å². The molecule has 1 aromatic heterocycles. The van der Waals surface area contributed by atoms with E-state index in [1.165, 1.54) is 62.4 Å². The third kappa shape index (κ3) is 4.25. The van der Waals surface area contributed by atoms with E-state index in [1.54, 1.807) is 11.3 Å². The van der Waals surface area contributed by atoms with Crippen LogP contribution in [0.2, 0.25) is 0 Å². The SMILES string of the molecule is CCCCNCc1csc(N2CCCCCC2)n1. The van der Waals surface area contributed by atoms with E-state index >= 15 is 0 Å². The largest absolute Gasteiger partial charge is 0.348 e. The summed E-state index contributed by atoms with van der Waals surface area (Å²) in [5.41, 5.74) is 1.20. The van der Waals surface area contributed by atoms with E-state index in [0.29, 0.717) is 0 Å². The molecule has 0 atom stereocenters. The molecule has 1 aliphatic rings. The first-order valence-electron chi connectivity index (χ1n) is 7.30. The maximum atomic E-state index is 4.76. The number of aromatic nitrogens is 1. The van der Waals surface area contributed by atoms with Gasteiger partial charge in [-0.2, -0.15) is 0 Å². The smallest absolute Gasteiger partial charge is 0.185 e. The van der Waals surface area contributed by atoms with Gasteiger partial charge in [-0.05, 0) is 25.8 Å². The van der Waals surface area contributed by atoms with E-state index in [4.69, 9.17) is 4.98 Å². The minimum Gasteiger partial charge on any atom is -0.348 e. The quantitative estimate of drug-likeness (QED) is 0.801. The second-order valence-corrected chi connectivity index (χ2v) is 5.89. The number of thiazole rings is 1. The summed E-state index contributed by atoms with van der Waals surface area (Å²) in [7, 11) is 0. The molecule has 1 fully saturated rings. The Morgan fingerprint density at radius 3 is 2.78 bits per heavy atom. The second kappa shape index (κ2) is 7.74. The molecule has 1 N–H and O–H groups in total. The number of anilines is 1. The molecule has 0 spiro atoms. The molecular weight excluding hydrogens is 242 g/mol. The van der Waals surface area contributed by atoms with Crippen LogP contribution in [0.1, 0.15) is 51.1 Å². The molecule has 102 valence electrons. The maximum absolute atomic E-state index is 4.76. The summed E-state index contributed by atoms with van der Waals surface area (Å²) in [4.78, 5) is 7.22. The average molecular weight is 267 g/mol. The van der Waals surface area contributed by atoms with Crippen LogP contribution < -0.4 is 10.2 Å². The van der Waals surface area contributed by atoms with Crippen LogP contribution in [0.25, 0.3) is 0 Å². The van der Waals surface area contributed by atoms with Crippen LogP contribution in [-0.2, 0) is 6.54 Å². The lowest BCUT2D eigenvalue weighted by Crippen LogP contribution is -2.23. The van der Waals surface area contributed by atoms with Gasteiger partial charge in [0.1, 0.15) is 0 Å². The highest BCUT2D eigenvalue weighted by Crippen LogP contribution is 2.23. The van der Waals surface area contributed by atoms with Gasteiger partial charge in [0, 0.05) is 25.0 Å². The fraction of sp³-hybridized carbons (Fsp3) is 0.786. The van der Waals surface area contributed by atoms with Crippen molar-refractivity contribution in [3.63, 3.8) is 0 Å². The minimum absolute atomic E-state index is 0.921. The van der Waals surface area contributed by atoms with Crippen molar-refractivity contribution in [3.8, 4) is 0 Å². The van der Waals surface area contributed by atoms with E-state index in [-0.39, 0.29) is 0 Å². The molecule has 0 bridgehead atoms. The molecule has 0 unspecified atom stereocenters. The van der Waals surface area contributed by atoms with Crippen molar-refractivity contribution in [2.45, 2.75) is 52.0 Å². The fourth-order valence-electron chi connectivity index (χ4n) is 2.30. The van der Waals surface area contributed by atoms with Gasteiger partial charge in [-0.15, -0.1) is 11.3 Å². The number of rotatable bonds is 6. The molecule has 0 aromatic carbocycles. The molecular formula is C14H25N3S. The van der Waals surface area contributed by atoms with Crippen LogP contribution in [0.4, 0.5) is 5.13 Å². The summed E-state index contributed by atoms with van der Waals surface area (Å²) in [6.45, 7) is 6.63. The summed E-state index contributed by atoms with van der Waals surface area (Å²) in [6.07, 6.45) is 7.92. The van der Waals surface area contributed by atoms with Gasteiger partial charge in [-0.1, -0.05) is 26.2 Å². The average Bonchev–Trinajstić information content (AvgIpc) is 2.69. The number of hydrogen-bond acceptors (Lipinski definition) is 4. The van der Waals surface area contributed by atoms with Crippen molar-refractivity contribution < 1.29 is 0 Å². The summed E-state index contributed by atoms with van der Waals surface area (Å²) in [5.74, 6) is 0. The van der Waals surface area contributed by atoms with Gasteiger partial charge in [0.15, 0.2) is 5.13 Å². The number of nitrogens with zero attached hydrogens (tertiary/aromatic N) is 2. The van der Waals surface area contributed by atoms with Gasteiger partial charge in [-0.3, -0.25) is 0 Å². The lowest BCUT2D eigenvalue weighted by Gasteiger charge is -2.18. The number of nitrogens with one attached hydrogen (secondary N) is 1. The van der Waals surface area contributed by atoms with Crippen LogP contribution in [0, 0.1) is 0 Å². The summed E-state index contributed by atoms with van der Waals surface area (Å²) < 4.78 is 0. The van der Waals surface area contributed by atoms with Gasteiger partial charge in [-0.25, -0.2) is 4.98 Å². The molecule has 0 saturated carbocycles. The molecule has 1 saturated heterocycles. The standard InChI is InChI=1S/C14H25N3S/c1-2-3-8-15-11-13-12-18-14(16-13)17-9-6-4-5-7-10-17/h12,15H,2-11H2,1H3. The highest BCUT2D eigenvalue weighted by Gasteiger charge is 2.13. The fourth-order valence-corrected chi connectivity index (χ4v) is 3.18. The van der Waals surface area contributed by atoms with Crippen LogP contribution in [-0.4, -0.2) is 24.6 Å². The van der Waals surface area contributed by atoms with Gasteiger partial charge >= 0.3 is 0 Å². The zero-order chi connectivity index (χ0) is 12.6. The first-order valence-corrected chi connectivity index (χ1v) is 8.18. The van der Waals surface area contributed by atoms with Crippen LogP contribution in [0.15, 0.2) is 5.38 Å². The zero-order valence-electron chi connectivity index (χ0n) is 11.5. The maximum Gasteiger partial charge on any atom is 0.185 e. The Balaban J connectivity index is 1.81. The summed E-state index contributed by atoms with van der Waals surface area (Å²) in [6, 6.07) is 0. The second-order valence-electron chi connectivity index (χ2n) is 5.05. The Morgan fingerprint density at radius 1 is 1.28 bits per heavy atom. The monoisotopic (exact) mass is 267 g/mol.